The van der Waals surface area contributed by atoms with Crippen molar-refractivity contribution < 1.29 is 5.11 Å². The molecule has 4 heteroatoms. The number of halogens is 1. The Bertz CT molecular complexity index is 436. The largest absolute Gasteiger partial charge is 0.396 e. The van der Waals surface area contributed by atoms with Crippen LogP contribution in [0.3, 0.4) is 0 Å². The first-order valence-corrected chi connectivity index (χ1v) is 7.86. The number of hydrogen-bond donors (Lipinski definition) is 2. The molecule has 1 aliphatic heterocycles. The van der Waals surface area contributed by atoms with Gasteiger partial charge < -0.3 is 15.3 Å². The molecule has 2 N–H and O–H groups in total. The second-order valence-corrected chi connectivity index (χ2v) is 6.33. The molecule has 0 saturated carbocycles. The highest BCUT2D eigenvalue weighted by Gasteiger charge is 2.22. The summed E-state index contributed by atoms with van der Waals surface area (Å²) in [6.45, 7) is 7.30. The lowest BCUT2D eigenvalue weighted by molar-refractivity contribution is 0.208. The van der Waals surface area contributed by atoms with Crippen LogP contribution in [0.15, 0.2) is 18.2 Å². The average molecular weight is 297 g/mol. The number of nitrogens with one attached hydrogen (secondary N) is 1. The molecule has 0 bridgehead atoms. The van der Waals surface area contributed by atoms with Gasteiger partial charge in [-0.05, 0) is 30.4 Å². The van der Waals surface area contributed by atoms with Gasteiger partial charge in [0.05, 0.1) is 10.7 Å². The smallest absolute Gasteiger partial charge is 0.0642 e. The van der Waals surface area contributed by atoms with Crippen LogP contribution in [0.25, 0.3) is 0 Å². The molecule has 3 nitrogen and oxygen atoms in total. The number of aliphatic hydroxyl groups is 1. The van der Waals surface area contributed by atoms with E-state index in [0.29, 0.717) is 12.0 Å². The van der Waals surface area contributed by atoms with Gasteiger partial charge in [0.2, 0.25) is 0 Å². The minimum Gasteiger partial charge on any atom is -0.396 e. The van der Waals surface area contributed by atoms with Crippen molar-refractivity contribution >= 4 is 17.3 Å². The number of benzene rings is 1. The molecule has 1 aliphatic rings. The topological polar surface area (TPSA) is 35.5 Å². The standard InChI is InChI=1S/C16H25ClN2O/c1-12(2)18-9-14-6-3-7-15(17)16(14)19-8-4-5-13(10-19)11-20/h3,6-7,12-13,18,20H,4-5,8-11H2,1-2H3. The molecule has 0 spiro atoms. The summed E-state index contributed by atoms with van der Waals surface area (Å²) in [5, 5.41) is 13.7. The van der Waals surface area contributed by atoms with Crippen molar-refractivity contribution in [1.29, 1.82) is 0 Å². The molecule has 0 radical (unpaired) electrons. The number of piperidine rings is 1. The first kappa shape index (κ1) is 15.6. The van der Waals surface area contributed by atoms with Gasteiger partial charge in [-0.15, -0.1) is 0 Å². The fraction of sp³-hybridized carbons (Fsp3) is 0.625. The second-order valence-electron chi connectivity index (χ2n) is 5.92. The third-order valence-electron chi connectivity index (χ3n) is 3.86. The third kappa shape index (κ3) is 3.87. The lowest BCUT2D eigenvalue weighted by atomic mass is 9.97. The fourth-order valence-electron chi connectivity index (χ4n) is 2.79. The van der Waals surface area contributed by atoms with Crippen LogP contribution in [0.5, 0.6) is 0 Å². The average Bonchev–Trinajstić information content (AvgIpc) is 2.45. The van der Waals surface area contributed by atoms with E-state index in [1.165, 1.54) is 5.56 Å². The summed E-state index contributed by atoms with van der Waals surface area (Å²) >= 11 is 6.44. The summed E-state index contributed by atoms with van der Waals surface area (Å²) < 4.78 is 0. The third-order valence-corrected chi connectivity index (χ3v) is 4.17. The van der Waals surface area contributed by atoms with E-state index >= 15 is 0 Å². The molecule has 1 atom stereocenters. The Morgan fingerprint density at radius 3 is 2.95 bits per heavy atom. The summed E-state index contributed by atoms with van der Waals surface area (Å²) in [5.74, 6) is 0.367. The van der Waals surface area contributed by atoms with Gasteiger partial charge in [0, 0.05) is 32.3 Å². The van der Waals surface area contributed by atoms with Crippen molar-refractivity contribution in [3.63, 3.8) is 0 Å². The van der Waals surface area contributed by atoms with Crippen molar-refractivity contribution in [2.75, 3.05) is 24.6 Å². The minimum atomic E-state index is 0.264. The van der Waals surface area contributed by atoms with Gasteiger partial charge in [-0.1, -0.05) is 37.6 Å². The molecular weight excluding hydrogens is 272 g/mol. The maximum absolute atomic E-state index is 9.40. The molecular formula is C16H25ClN2O. The predicted octanol–water partition coefficient (Wildman–Crippen LogP) is 3.05. The van der Waals surface area contributed by atoms with E-state index in [1.54, 1.807) is 0 Å². The Labute approximate surface area is 126 Å². The Morgan fingerprint density at radius 2 is 2.25 bits per heavy atom. The lowest BCUT2D eigenvalue weighted by Crippen LogP contribution is -2.38. The van der Waals surface area contributed by atoms with E-state index < -0.39 is 0 Å². The first-order valence-electron chi connectivity index (χ1n) is 7.48. The van der Waals surface area contributed by atoms with Crippen LogP contribution in [0.2, 0.25) is 5.02 Å². The van der Waals surface area contributed by atoms with E-state index in [1.807, 2.05) is 12.1 Å². The van der Waals surface area contributed by atoms with Crippen LogP contribution in [-0.4, -0.2) is 30.8 Å². The van der Waals surface area contributed by atoms with Crippen LogP contribution in [-0.2, 0) is 6.54 Å². The van der Waals surface area contributed by atoms with Gasteiger partial charge in [0.15, 0.2) is 0 Å². The normalized spacial score (nSPS) is 19.6. The Kier molecular flexibility index (Phi) is 5.70. The van der Waals surface area contributed by atoms with Gasteiger partial charge in [-0.25, -0.2) is 0 Å². The first-order chi connectivity index (χ1) is 9.61. The van der Waals surface area contributed by atoms with Crippen LogP contribution < -0.4 is 10.2 Å². The summed E-state index contributed by atoms with van der Waals surface area (Å²) in [5.41, 5.74) is 2.38. The SMILES string of the molecule is CC(C)NCc1cccc(Cl)c1N1CCCC(CO)C1. The molecule has 20 heavy (non-hydrogen) atoms. The molecule has 1 aromatic carbocycles. The highest BCUT2D eigenvalue weighted by molar-refractivity contribution is 6.33. The fourth-order valence-corrected chi connectivity index (χ4v) is 3.10. The quantitative estimate of drug-likeness (QED) is 0.877. The van der Waals surface area contributed by atoms with Crippen LogP contribution in [0.4, 0.5) is 5.69 Å². The van der Waals surface area contributed by atoms with Crippen molar-refractivity contribution in [2.45, 2.75) is 39.3 Å². The highest BCUT2D eigenvalue weighted by atomic mass is 35.5. The summed E-state index contributed by atoms with van der Waals surface area (Å²) in [4.78, 5) is 2.34. The monoisotopic (exact) mass is 296 g/mol. The number of aliphatic hydroxyl groups excluding tert-OH is 1. The number of nitrogens with zero attached hydrogens (tertiary/aromatic N) is 1. The van der Waals surface area contributed by atoms with Crippen molar-refractivity contribution in [1.82, 2.24) is 5.32 Å². The molecule has 1 aromatic rings. The second kappa shape index (κ2) is 7.30. The highest BCUT2D eigenvalue weighted by Crippen LogP contribution is 2.33. The van der Waals surface area contributed by atoms with Crippen molar-refractivity contribution in [3.05, 3.63) is 28.8 Å². The molecule has 1 unspecified atom stereocenters. The van der Waals surface area contributed by atoms with Crippen LogP contribution >= 0.6 is 11.6 Å². The predicted molar refractivity (Wildman–Crippen MR) is 85.5 cm³/mol. The van der Waals surface area contributed by atoms with Gasteiger partial charge >= 0.3 is 0 Å². The van der Waals surface area contributed by atoms with Gasteiger partial charge in [0.25, 0.3) is 0 Å². The number of anilines is 1. The Hall–Kier alpha value is -0.770. The van der Waals surface area contributed by atoms with E-state index in [9.17, 15) is 5.11 Å². The molecule has 0 aliphatic carbocycles. The van der Waals surface area contributed by atoms with Crippen LogP contribution in [0.1, 0.15) is 32.3 Å². The molecule has 1 fully saturated rings. The Balaban J connectivity index is 2.20. The zero-order valence-corrected chi connectivity index (χ0v) is 13.2. The summed E-state index contributed by atoms with van der Waals surface area (Å²) in [6.07, 6.45) is 2.23. The molecule has 0 amide bonds. The van der Waals surface area contributed by atoms with E-state index in [-0.39, 0.29) is 6.61 Å². The Morgan fingerprint density at radius 1 is 1.45 bits per heavy atom. The molecule has 1 saturated heterocycles. The van der Waals surface area contributed by atoms with Gasteiger partial charge in [0.1, 0.15) is 0 Å². The molecule has 2 rings (SSSR count). The molecule has 112 valence electrons. The van der Waals surface area contributed by atoms with Crippen molar-refractivity contribution in [3.8, 4) is 0 Å². The molecule has 0 aromatic heterocycles. The number of rotatable bonds is 5. The number of hydrogen-bond acceptors (Lipinski definition) is 3. The van der Waals surface area contributed by atoms with Gasteiger partial charge in [-0.2, -0.15) is 0 Å². The van der Waals surface area contributed by atoms with E-state index in [4.69, 9.17) is 11.6 Å². The van der Waals surface area contributed by atoms with Gasteiger partial charge in [-0.3, -0.25) is 0 Å². The lowest BCUT2D eigenvalue weighted by Gasteiger charge is -2.35. The van der Waals surface area contributed by atoms with Crippen LogP contribution in [0, 0.1) is 5.92 Å². The minimum absolute atomic E-state index is 0.264. The van der Waals surface area contributed by atoms with Crippen molar-refractivity contribution in [2.24, 2.45) is 5.92 Å². The zero-order valence-electron chi connectivity index (χ0n) is 12.4. The summed E-state index contributed by atoms with van der Waals surface area (Å²) in [7, 11) is 0. The maximum atomic E-state index is 9.40. The maximum Gasteiger partial charge on any atom is 0.0642 e. The van der Waals surface area contributed by atoms with E-state index in [2.05, 4.69) is 30.1 Å². The zero-order chi connectivity index (χ0) is 14.5. The molecule has 1 heterocycles. The number of para-hydroxylation sites is 1. The summed E-state index contributed by atoms with van der Waals surface area (Å²) in [6, 6.07) is 6.56. The van der Waals surface area contributed by atoms with E-state index in [0.717, 1.165) is 43.2 Å².